The first-order valence-corrected chi connectivity index (χ1v) is 3.59. The quantitative estimate of drug-likeness (QED) is 0.457. The van der Waals surface area contributed by atoms with E-state index in [1.807, 2.05) is 0 Å². The molecule has 0 aliphatic heterocycles. The van der Waals surface area contributed by atoms with E-state index in [4.69, 9.17) is 0 Å². The van der Waals surface area contributed by atoms with Gasteiger partial charge in [-0.1, -0.05) is 18.2 Å². The molecule has 0 heterocycles. The van der Waals surface area contributed by atoms with E-state index in [0.717, 1.165) is 0 Å². The van der Waals surface area contributed by atoms with Crippen molar-refractivity contribution in [3.63, 3.8) is 0 Å². The Morgan fingerprint density at radius 2 is 2.25 bits per heavy atom. The molecule has 0 bridgehead atoms. The van der Waals surface area contributed by atoms with Crippen LogP contribution in [0.15, 0.2) is 24.3 Å². The SMILES string of the molecule is CC(=O)[C@@]1([N+](=O)[O-])C=CC=CC1. The molecule has 4 heteroatoms. The lowest BCUT2D eigenvalue weighted by atomic mass is 9.88. The Hall–Kier alpha value is -1.45. The van der Waals surface area contributed by atoms with Gasteiger partial charge < -0.3 is 0 Å². The highest BCUT2D eigenvalue weighted by molar-refractivity contribution is 5.87. The predicted octanol–water partition coefficient (Wildman–Crippen LogP) is 1.11. The molecule has 0 amide bonds. The van der Waals surface area contributed by atoms with Crippen LogP contribution >= 0.6 is 0 Å². The van der Waals surface area contributed by atoms with Gasteiger partial charge in [0, 0.05) is 24.3 Å². The second kappa shape index (κ2) is 2.89. The van der Waals surface area contributed by atoms with Gasteiger partial charge in [-0.2, -0.15) is 0 Å². The number of nitro groups is 1. The fourth-order valence-electron chi connectivity index (χ4n) is 1.13. The molecule has 1 atom stereocenters. The molecular weight excluding hydrogens is 158 g/mol. The number of Topliss-reactive ketones (excluding diaryl/α,β-unsaturated/α-hetero) is 1. The molecule has 0 unspecified atom stereocenters. The Morgan fingerprint density at radius 3 is 2.50 bits per heavy atom. The standard InChI is InChI=1S/C8H9NO3/c1-7(10)8(9(11)12)5-3-2-4-6-8/h2-5H,6H2,1H3/t8-/m1/s1. The third-order valence-electron chi connectivity index (χ3n) is 1.98. The maximum absolute atomic E-state index is 11.0. The summed E-state index contributed by atoms with van der Waals surface area (Å²) in [5.41, 5.74) is -1.51. The molecule has 1 aliphatic carbocycles. The maximum Gasteiger partial charge on any atom is 0.300 e. The number of carbonyl (C=O) groups is 1. The van der Waals surface area contributed by atoms with Crippen LogP contribution in [-0.2, 0) is 4.79 Å². The van der Waals surface area contributed by atoms with Gasteiger partial charge in [-0.05, 0) is 0 Å². The van der Waals surface area contributed by atoms with Gasteiger partial charge in [-0.15, -0.1) is 0 Å². The average molecular weight is 167 g/mol. The molecule has 0 fully saturated rings. The molecule has 0 saturated heterocycles. The molecule has 0 aromatic rings. The first-order chi connectivity index (χ1) is 5.59. The van der Waals surface area contributed by atoms with Crippen molar-refractivity contribution in [2.75, 3.05) is 0 Å². The molecule has 12 heavy (non-hydrogen) atoms. The number of carbonyl (C=O) groups excluding carboxylic acids is 1. The van der Waals surface area contributed by atoms with Gasteiger partial charge in [-0.3, -0.25) is 14.9 Å². The van der Waals surface area contributed by atoms with Gasteiger partial charge in [0.15, 0.2) is 0 Å². The second-order valence-electron chi connectivity index (χ2n) is 2.73. The van der Waals surface area contributed by atoms with Gasteiger partial charge in [0.1, 0.15) is 0 Å². The summed E-state index contributed by atoms with van der Waals surface area (Å²) in [6, 6.07) is 0. The number of hydrogen-bond acceptors (Lipinski definition) is 3. The molecule has 0 radical (unpaired) electrons. The van der Waals surface area contributed by atoms with E-state index in [-0.39, 0.29) is 6.42 Å². The van der Waals surface area contributed by atoms with Gasteiger partial charge in [0.25, 0.3) is 0 Å². The third kappa shape index (κ3) is 1.15. The largest absolute Gasteiger partial charge is 0.300 e. The van der Waals surface area contributed by atoms with Gasteiger partial charge in [-0.25, -0.2) is 0 Å². The van der Waals surface area contributed by atoms with Crippen LogP contribution in [-0.4, -0.2) is 16.2 Å². The average Bonchev–Trinajstić information content (AvgIpc) is 2.05. The highest BCUT2D eigenvalue weighted by atomic mass is 16.6. The van der Waals surface area contributed by atoms with E-state index in [9.17, 15) is 14.9 Å². The van der Waals surface area contributed by atoms with Gasteiger partial charge in [0.2, 0.25) is 5.78 Å². The Bertz CT molecular complexity index is 264. The minimum Gasteiger partial charge on any atom is -0.292 e. The lowest BCUT2D eigenvalue weighted by Gasteiger charge is -2.18. The summed E-state index contributed by atoms with van der Waals surface area (Å²) in [5.74, 6) is -0.423. The zero-order valence-electron chi connectivity index (χ0n) is 6.69. The second-order valence-corrected chi connectivity index (χ2v) is 2.73. The molecule has 0 aromatic heterocycles. The molecule has 0 N–H and O–H groups in total. The normalized spacial score (nSPS) is 27.1. The Morgan fingerprint density at radius 1 is 1.58 bits per heavy atom. The summed E-state index contributed by atoms with van der Waals surface area (Å²) in [5, 5.41) is 10.6. The van der Waals surface area contributed by atoms with Crippen molar-refractivity contribution in [2.24, 2.45) is 0 Å². The van der Waals surface area contributed by atoms with E-state index in [2.05, 4.69) is 0 Å². The molecule has 0 aromatic carbocycles. The van der Waals surface area contributed by atoms with Crippen LogP contribution in [0.5, 0.6) is 0 Å². The van der Waals surface area contributed by atoms with Crippen molar-refractivity contribution in [3.8, 4) is 0 Å². The highest BCUT2D eigenvalue weighted by Crippen LogP contribution is 2.22. The van der Waals surface area contributed by atoms with E-state index >= 15 is 0 Å². The molecule has 4 nitrogen and oxygen atoms in total. The van der Waals surface area contributed by atoms with Crippen LogP contribution in [0.4, 0.5) is 0 Å². The summed E-state index contributed by atoms with van der Waals surface area (Å²) >= 11 is 0. The summed E-state index contributed by atoms with van der Waals surface area (Å²) in [7, 11) is 0. The summed E-state index contributed by atoms with van der Waals surface area (Å²) in [6.07, 6.45) is 6.36. The smallest absolute Gasteiger partial charge is 0.292 e. The molecule has 64 valence electrons. The van der Waals surface area contributed by atoms with Crippen LogP contribution in [0, 0.1) is 10.1 Å². The molecular formula is C8H9NO3. The predicted molar refractivity (Wildman–Crippen MR) is 43.3 cm³/mol. The van der Waals surface area contributed by atoms with Crippen LogP contribution in [0.1, 0.15) is 13.3 Å². The lowest BCUT2D eigenvalue weighted by Crippen LogP contribution is -2.43. The van der Waals surface area contributed by atoms with Crippen molar-refractivity contribution < 1.29 is 9.72 Å². The molecule has 1 rings (SSSR count). The first-order valence-electron chi connectivity index (χ1n) is 3.59. The minimum absolute atomic E-state index is 0.159. The first kappa shape index (κ1) is 8.64. The van der Waals surface area contributed by atoms with Crippen LogP contribution in [0.25, 0.3) is 0 Å². The number of allylic oxidation sites excluding steroid dienone is 2. The number of ketones is 1. The zero-order valence-corrected chi connectivity index (χ0v) is 6.69. The topological polar surface area (TPSA) is 60.2 Å². The van der Waals surface area contributed by atoms with Gasteiger partial charge in [0.05, 0.1) is 0 Å². The van der Waals surface area contributed by atoms with Crippen molar-refractivity contribution >= 4 is 5.78 Å². The van der Waals surface area contributed by atoms with Crippen LogP contribution in [0.3, 0.4) is 0 Å². The van der Waals surface area contributed by atoms with Crippen LogP contribution < -0.4 is 0 Å². The van der Waals surface area contributed by atoms with Crippen molar-refractivity contribution in [1.29, 1.82) is 0 Å². The zero-order chi connectivity index (χ0) is 9.19. The number of nitrogens with zero attached hydrogens (tertiary/aromatic N) is 1. The summed E-state index contributed by atoms with van der Waals surface area (Å²) < 4.78 is 0. The maximum atomic E-state index is 11.0. The van der Waals surface area contributed by atoms with Crippen molar-refractivity contribution in [2.45, 2.75) is 18.9 Å². The lowest BCUT2D eigenvalue weighted by molar-refractivity contribution is -0.537. The summed E-state index contributed by atoms with van der Waals surface area (Å²) in [6.45, 7) is 1.24. The molecule has 0 spiro atoms. The monoisotopic (exact) mass is 167 g/mol. The van der Waals surface area contributed by atoms with Crippen molar-refractivity contribution in [1.82, 2.24) is 0 Å². The van der Waals surface area contributed by atoms with E-state index in [0.29, 0.717) is 0 Å². The van der Waals surface area contributed by atoms with Crippen LogP contribution in [0.2, 0.25) is 0 Å². The fraction of sp³-hybridized carbons (Fsp3) is 0.375. The van der Waals surface area contributed by atoms with E-state index in [1.165, 1.54) is 19.1 Å². The molecule has 0 saturated carbocycles. The fourth-order valence-corrected chi connectivity index (χ4v) is 1.13. The molecule has 1 aliphatic rings. The Kier molecular flexibility index (Phi) is 2.08. The highest BCUT2D eigenvalue weighted by Gasteiger charge is 2.44. The Labute approximate surface area is 69.7 Å². The number of rotatable bonds is 2. The van der Waals surface area contributed by atoms with Gasteiger partial charge >= 0.3 is 5.54 Å². The van der Waals surface area contributed by atoms with Crippen molar-refractivity contribution in [3.05, 3.63) is 34.4 Å². The van der Waals surface area contributed by atoms with E-state index in [1.54, 1.807) is 12.2 Å². The number of hydrogen-bond donors (Lipinski definition) is 0. The minimum atomic E-state index is -1.51. The summed E-state index contributed by atoms with van der Waals surface area (Å²) in [4.78, 5) is 21.1. The Balaban J connectivity index is 3.04. The third-order valence-corrected chi connectivity index (χ3v) is 1.98. The van der Waals surface area contributed by atoms with E-state index < -0.39 is 16.2 Å².